The molecule has 1 rings (SSSR count). The maximum Gasteiger partial charge on any atom is 0.254 e. The van der Waals surface area contributed by atoms with Crippen LogP contribution in [-0.2, 0) is 0 Å². The van der Waals surface area contributed by atoms with E-state index in [2.05, 4.69) is 5.32 Å². The molecule has 0 aliphatic carbocycles. The van der Waals surface area contributed by atoms with Crippen molar-refractivity contribution in [2.75, 3.05) is 6.54 Å². The third kappa shape index (κ3) is 2.77. The number of alkyl halides is 1. The van der Waals surface area contributed by atoms with Crippen LogP contribution >= 0.6 is 11.6 Å². The highest BCUT2D eigenvalue weighted by molar-refractivity contribution is 6.20. The first-order valence-electron chi connectivity index (χ1n) is 4.07. The van der Waals surface area contributed by atoms with Crippen LogP contribution in [0.1, 0.15) is 23.0 Å². The van der Waals surface area contributed by atoms with Crippen LogP contribution in [0.4, 0.5) is 0 Å². The fourth-order valence-electron chi connectivity index (χ4n) is 0.949. The number of aryl methyl sites for hydroxylation is 1. The molecule has 1 unspecified atom stereocenters. The number of amides is 1. The van der Waals surface area contributed by atoms with E-state index in [1.54, 1.807) is 13.0 Å². The normalized spacial score (nSPS) is 12.5. The van der Waals surface area contributed by atoms with Gasteiger partial charge in [0.25, 0.3) is 5.91 Å². The Morgan fingerprint density at radius 3 is 2.92 bits per heavy atom. The fourth-order valence-corrected chi connectivity index (χ4v) is 1.03. The highest BCUT2D eigenvalue weighted by atomic mass is 35.5. The van der Waals surface area contributed by atoms with Crippen molar-refractivity contribution in [2.45, 2.75) is 19.2 Å². The molecular formula is C9H12ClNO2. The average Bonchev–Trinajstić information content (AvgIpc) is 2.47. The third-order valence-corrected chi connectivity index (χ3v) is 1.80. The second-order valence-corrected chi connectivity index (χ2v) is 3.63. The summed E-state index contributed by atoms with van der Waals surface area (Å²) in [5.74, 6) is 0.485. The summed E-state index contributed by atoms with van der Waals surface area (Å²) in [5, 5.41) is 2.64. The summed E-state index contributed by atoms with van der Waals surface area (Å²) in [6, 6.07) is 1.64. The number of hydrogen-bond acceptors (Lipinski definition) is 2. The van der Waals surface area contributed by atoms with Gasteiger partial charge in [-0.1, -0.05) is 0 Å². The Balaban J connectivity index is 2.54. The van der Waals surface area contributed by atoms with Crippen LogP contribution in [0.3, 0.4) is 0 Å². The van der Waals surface area contributed by atoms with Gasteiger partial charge in [-0.25, -0.2) is 0 Å². The largest absolute Gasteiger partial charge is 0.469 e. The molecule has 1 heterocycles. The standard InChI is InChI=1S/C9H12ClNO2/c1-6(10)5-11-9(12)8-3-4-13-7(8)2/h3-4,6H,5H2,1-2H3,(H,11,12). The van der Waals surface area contributed by atoms with Gasteiger partial charge in [-0.2, -0.15) is 0 Å². The van der Waals surface area contributed by atoms with Gasteiger partial charge < -0.3 is 9.73 Å². The van der Waals surface area contributed by atoms with Crippen molar-refractivity contribution in [3.8, 4) is 0 Å². The van der Waals surface area contributed by atoms with E-state index in [4.69, 9.17) is 16.0 Å². The van der Waals surface area contributed by atoms with E-state index < -0.39 is 0 Å². The number of nitrogens with one attached hydrogen (secondary N) is 1. The molecule has 0 aromatic carbocycles. The van der Waals surface area contributed by atoms with Crippen LogP contribution in [-0.4, -0.2) is 17.8 Å². The van der Waals surface area contributed by atoms with Gasteiger partial charge in [-0.05, 0) is 19.9 Å². The molecule has 4 heteroatoms. The lowest BCUT2D eigenvalue weighted by Crippen LogP contribution is -2.28. The first kappa shape index (κ1) is 10.1. The highest BCUT2D eigenvalue weighted by Gasteiger charge is 2.10. The Labute approximate surface area is 82.1 Å². The van der Waals surface area contributed by atoms with Crippen LogP contribution in [0, 0.1) is 6.92 Å². The van der Waals surface area contributed by atoms with Crippen LogP contribution in [0.5, 0.6) is 0 Å². The maximum atomic E-state index is 11.4. The van der Waals surface area contributed by atoms with Gasteiger partial charge >= 0.3 is 0 Å². The van der Waals surface area contributed by atoms with Crippen molar-refractivity contribution in [1.29, 1.82) is 0 Å². The van der Waals surface area contributed by atoms with E-state index in [0.29, 0.717) is 17.9 Å². The first-order valence-corrected chi connectivity index (χ1v) is 4.51. The predicted octanol–water partition coefficient (Wildman–Crippen LogP) is 1.95. The van der Waals surface area contributed by atoms with Crippen molar-refractivity contribution >= 4 is 17.5 Å². The molecule has 1 aromatic rings. The zero-order chi connectivity index (χ0) is 9.84. The van der Waals surface area contributed by atoms with Crippen molar-refractivity contribution in [2.24, 2.45) is 0 Å². The summed E-state index contributed by atoms with van der Waals surface area (Å²) in [6.07, 6.45) is 1.49. The summed E-state index contributed by atoms with van der Waals surface area (Å²) in [5.41, 5.74) is 0.567. The number of hydrogen-bond donors (Lipinski definition) is 1. The van der Waals surface area contributed by atoms with Crippen molar-refractivity contribution in [3.05, 3.63) is 23.7 Å². The van der Waals surface area contributed by atoms with E-state index in [1.807, 2.05) is 6.92 Å². The van der Waals surface area contributed by atoms with Gasteiger partial charge in [0.2, 0.25) is 0 Å². The number of carbonyl (C=O) groups is 1. The van der Waals surface area contributed by atoms with Gasteiger partial charge in [0.15, 0.2) is 0 Å². The minimum absolute atomic E-state index is 0.0591. The maximum absolute atomic E-state index is 11.4. The summed E-state index contributed by atoms with van der Waals surface area (Å²) >= 11 is 5.68. The number of rotatable bonds is 3. The lowest BCUT2D eigenvalue weighted by molar-refractivity contribution is 0.0952. The number of halogens is 1. The van der Waals surface area contributed by atoms with Crippen molar-refractivity contribution in [3.63, 3.8) is 0 Å². The van der Waals surface area contributed by atoms with E-state index in [9.17, 15) is 4.79 Å². The number of furan rings is 1. The van der Waals surface area contributed by atoms with Crippen molar-refractivity contribution < 1.29 is 9.21 Å². The second kappa shape index (κ2) is 4.33. The SMILES string of the molecule is Cc1occc1C(=O)NCC(C)Cl. The predicted molar refractivity (Wildman–Crippen MR) is 51.1 cm³/mol. The van der Waals surface area contributed by atoms with Gasteiger partial charge in [0.05, 0.1) is 11.8 Å². The molecule has 3 nitrogen and oxygen atoms in total. The zero-order valence-corrected chi connectivity index (χ0v) is 8.39. The lowest BCUT2D eigenvalue weighted by Gasteiger charge is -2.04. The monoisotopic (exact) mass is 201 g/mol. The van der Waals surface area contributed by atoms with Crippen LogP contribution in [0.25, 0.3) is 0 Å². The molecule has 0 bridgehead atoms. The number of carbonyl (C=O) groups excluding carboxylic acids is 1. The Kier molecular flexibility index (Phi) is 3.37. The molecule has 72 valence electrons. The molecule has 0 spiro atoms. The highest BCUT2D eigenvalue weighted by Crippen LogP contribution is 2.08. The Morgan fingerprint density at radius 2 is 2.46 bits per heavy atom. The van der Waals surface area contributed by atoms with Gasteiger partial charge in [0.1, 0.15) is 5.76 Å². The molecule has 1 N–H and O–H groups in total. The molecule has 1 aromatic heterocycles. The second-order valence-electron chi connectivity index (χ2n) is 2.88. The Morgan fingerprint density at radius 1 is 1.77 bits per heavy atom. The van der Waals surface area contributed by atoms with Gasteiger partial charge in [-0.15, -0.1) is 11.6 Å². The summed E-state index contributed by atoms with van der Waals surface area (Å²) < 4.78 is 5.00. The van der Waals surface area contributed by atoms with Gasteiger partial charge in [-0.3, -0.25) is 4.79 Å². The van der Waals surface area contributed by atoms with Gasteiger partial charge in [0, 0.05) is 11.9 Å². The van der Waals surface area contributed by atoms with Crippen LogP contribution in [0.2, 0.25) is 0 Å². The summed E-state index contributed by atoms with van der Waals surface area (Å²) in [6.45, 7) is 4.04. The molecule has 0 saturated carbocycles. The molecule has 0 aliphatic rings. The minimum Gasteiger partial charge on any atom is -0.469 e. The van der Waals surface area contributed by atoms with E-state index in [0.717, 1.165) is 0 Å². The molecule has 1 amide bonds. The Bertz CT molecular complexity index is 294. The molecule has 1 atom stereocenters. The van der Waals surface area contributed by atoms with E-state index >= 15 is 0 Å². The third-order valence-electron chi connectivity index (χ3n) is 1.65. The lowest BCUT2D eigenvalue weighted by atomic mass is 10.2. The van der Waals surface area contributed by atoms with Crippen molar-refractivity contribution in [1.82, 2.24) is 5.32 Å². The Hall–Kier alpha value is -0.960. The molecule has 13 heavy (non-hydrogen) atoms. The quantitative estimate of drug-likeness (QED) is 0.760. The molecule has 0 radical (unpaired) electrons. The summed E-state index contributed by atoms with van der Waals surface area (Å²) in [7, 11) is 0. The molecular weight excluding hydrogens is 190 g/mol. The smallest absolute Gasteiger partial charge is 0.254 e. The van der Waals surface area contributed by atoms with Crippen LogP contribution < -0.4 is 5.32 Å². The van der Waals surface area contributed by atoms with E-state index in [-0.39, 0.29) is 11.3 Å². The van der Waals surface area contributed by atoms with E-state index in [1.165, 1.54) is 6.26 Å². The summed E-state index contributed by atoms with van der Waals surface area (Å²) in [4.78, 5) is 11.4. The first-order chi connectivity index (χ1) is 6.11. The zero-order valence-electron chi connectivity index (χ0n) is 7.63. The average molecular weight is 202 g/mol. The minimum atomic E-state index is -0.140. The molecule has 0 fully saturated rings. The fraction of sp³-hybridized carbons (Fsp3) is 0.444. The topological polar surface area (TPSA) is 42.2 Å². The molecule has 0 aliphatic heterocycles. The molecule has 0 saturated heterocycles. The van der Waals surface area contributed by atoms with Crippen LogP contribution in [0.15, 0.2) is 16.7 Å².